The SMILES string of the molecule is COc1ccc(-n2cccc2CN2CCC(N3CCC(O)CC3)CC2)cc1. The van der Waals surface area contributed by atoms with Crippen molar-refractivity contribution in [2.45, 2.75) is 44.4 Å². The van der Waals surface area contributed by atoms with Gasteiger partial charge in [0.1, 0.15) is 5.75 Å². The fourth-order valence-corrected chi connectivity index (χ4v) is 4.46. The van der Waals surface area contributed by atoms with Crippen LogP contribution in [0.3, 0.4) is 0 Å². The molecule has 0 unspecified atom stereocenters. The lowest BCUT2D eigenvalue weighted by Crippen LogP contribution is -2.48. The van der Waals surface area contributed by atoms with Crippen molar-refractivity contribution in [3.05, 3.63) is 48.3 Å². The molecule has 0 spiro atoms. The van der Waals surface area contributed by atoms with E-state index in [0.29, 0.717) is 6.04 Å². The number of aliphatic hydroxyl groups excluding tert-OH is 1. The third-order valence-electron chi connectivity index (χ3n) is 6.14. The zero-order valence-electron chi connectivity index (χ0n) is 16.3. The Kier molecular flexibility index (Phi) is 5.81. The molecule has 1 aromatic heterocycles. The van der Waals surface area contributed by atoms with Gasteiger partial charge in [-0.15, -0.1) is 0 Å². The van der Waals surface area contributed by atoms with Crippen LogP contribution in [-0.2, 0) is 6.54 Å². The van der Waals surface area contributed by atoms with Gasteiger partial charge in [0.05, 0.1) is 13.2 Å². The van der Waals surface area contributed by atoms with Gasteiger partial charge >= 0.3 is 0 Å². The summed E-state index contributed by atoms with van der Waals surface area (Å²) in [4.78, 5) is 5.18. The molecule has 0 bridgehead atoms. The molecule has 0 saturated carbocycles. The van der Waals surface area contributed by atoms with Crippen LogP contribution in [-0.4, -0.2) is 64.9 Å². The molecule has 27 heavy (non-hydrogen) atoms. The number of aromatic nitrogens is 1. The van der Waals surface area contributed by atoms with E-state index in [1.54, 1.807) is 7.11 Å². The molecule has 1 N–H and O–H groups in total. The maximum atomic E-state index is 9.72. The van der Waals surface area contributed by atoms with Crippen LogP contribution in [0.25, 0.3) is 5.69 Å². The molecular weight excluding hydrogens is 338 g/mol. The summed E-state index contributed by atoms with van der Waals surface area (Å²) in [6.07, 6.45) is 6.42. The summed E-state index contributed by atoms with van der Waals surface area (Å²) in [5.74, 6) is 0.889. The zero-order chi connectivity index (χ0) is 18.6. The standard InChI is InChI=1S/C22H31N3O2/c1-27-22-6-4-19(5-7-22)25-12-2-3-20(25)17-23-13-8-18(9-14-23)24-15-10-21(26)11-16-24/h2-7,12,18,21,26H,8-11,13-17H2,1H3. The van der Waals surface area contributed by atoms with Gasteiger partial charge in [0.2, 0.25) is 0 Å². The lowest BCUT2D eigenvalue weighted by atomic mass is 9.99. The van der Waals surface area contributed by atoms with Gasteiger partial charge in [-0.3, -0.25) is 4.90 Å². The van der Waals surface area contributed by atoms with Crippen molar-refractivity contribution in [1.29, 1.82) is 0 Å². The lowest BCUT2D eigenvalue weighted by molar-refractivity contribution is 0.0373. The molecule has 5 heteroatoms. The number of methoxy groups -OCH3 is 1. The van der Waals surface area contributed by atoms with Crippen LogP contribution in [0.2, 0.25) is 0 Å². The minimum atomic E-state index is -0.0768. The van der Waals surface area contributed by atoms with Crippen molar-refractivity contribution >= 4 is 0 Å². The Morgan fingerprint density at radius 1 is 0.963 bits per heavy atom. The molecule has 4 rings (SSSR count). The molecule has 2 aromatic rings. The summed E-state index contributed by atoms with van der Waals surface area (Å²) < 4.78 is 7.54. The molecular formula is C22H31N3O2. The minimum absolute atomic E-state index is 0.0768. The molecule has 3 heterocycles. The molecule has 5 nitrogen and oxygen atoms in total. The van der Waals surface area contributed by atoms with E-state index in [4.69, 9.17) is 4.74 Å². The van der Waals surface area contributed by atoms with Gasteiger partial charge < -0.3 is 19.3 Å². The maximum absolute atomic E-state index is 9.72. The van der Waals surface area contributed by atoms with E-state index in [1.165, 1.54) is 24.2 Å². The van der Waals surface area contributed by atoms with Crippen LogP contribution < -0.4 is 4.74 Å². The minimum Gasteiger partial charge on any atom is -0.497 e. The van der Waals surface area contributed by atoms with Crippen LogP contribution in [0, 0.1) is 0 Å². The summed E-state index contributed by atoms with van der Waals surface area (Å²) in [6, 6.07) is 13.3. The molecule has 2 aliphatic rings. The van der Waals surface area contributed by atoms with Crippen LogP contribution in [0.15, 0.2) is 42.6 Å². The number of rotatable bonds is 5. The predicted octanol–water partition coefficient (Wildman–Crippen LogP) is 2.91. The van der Waals surface area contributed by atoms with Crippen molar-refractivity contribution in [1.82, 2.24) is 14.4 Å². The van der Waals surface area contributed by atoms with Gasteiger partial charge in [0.15, 0.2) is 0 Å². The molecule has 0 radical (unpaired) electrons. The van der Waals surface area contributed by atoms with Crippen molar-refractivity contribution in [2.24, 2.45) is 0 Å². The Morgan fingerprint density at radius 2 is 1.67 bits per heavy atom. The highest BCUT2D eigenvalue weighted by Crippen LogP contribution is 2.23. The average molecular weight is 370 g/mol. The van der Waals surface area contributed by atoms with Crippen LogP contribution in [0.5, 0.6) is 5.75 Å². The Hall–Kier alpha value is -1.82. The van der Waals surface area contributed by atoms with Crippen molar-refractivity contribution < 1.29 is 9.84 Å². The van der Waals surface area contributed by atoms with E-state index in [9.17, 15) is 5.11 Å². The average Bonchev–Trinajstić information content (AvgIpc) is 3.17. The topological polar surface area (TPSA) is 40.9 Å². The third kappa shape index (κ3) is 4.37. The molecule has 2 saturated heterocycles. The fraction of sp³-hybridized carbons (Fsp3) is 0.545. The molecule has 146 valence electrons. The van der Waals surface area contributed by atoms with Gasteiger partial charge in [0, 0.05) is 56.3 Å². The van der Waals surface area contributed by atoms with E-state index in [0.717, 1.165) is 51.3 Å². The number of benzene rings is 1. The second kappa shape index (κ2) is 8.46. The molecule has 0 amide bonds. The molecule has 1 aromatic carbocycles. The number of hydrogen-bond acceptors (Lipinski definition) is 4. The summed E-state index contributed by atoms with van der Waals surface area (Å²) in [5.41, 5.74) is 2.51. The summed E-state index contributed by atoms with van der Waals surface area (Å²) in [6.45, 7) is 5.41. The first-order valence-corrected chi connectivity index (χ1v) is 10.2. The highest BCUT2D eigenvalue weighted by Gasteiger charge is 2.27. The van der Waals surface area contributed by atoms with E-state index in [1.807, 2.05) is 12.1 Å². The monoisotopic (exact) mass is 369 g/mol. The zero-order valence-corrected chi connectivity index (χ0v) is 16.3. The lowest BCUT2D eigenvalue weighted by Gasteiger charge is -2.41. The maximum Gasteiger partial charge on any atom is 0.119 e. The van der Waals surface area contributed by atoms with Crippen LogP contribution >= 0.6 is 0 Å². The highest BCUT2D eigenvalue weighted by atomic mass is 16.5. The second-order valence-corrected chi connectivity index (χ2v) is 7.84. The fourth-order valence-electron chi connectivity index (χ4n) is 4.46. The molecule has 0 atom stereocenters. The predicted molar refractivity (Wildman–Crippen MR) is 107 cm³/mol. The normalized spacial score (nSPS) is 20.8. The van der Waals surface area contributed by atoms with Gasteiger partial charge in [0.25, 0.3) is 0 Å². The quantitative estimate of drug-likeness (QED) is 0.880. The Morgan fingerprint density at radius 3 is 2.33 bits per heavy atom. The first kappa shape index (κ1) is 18.5. The first-order chi connectivity index (χ1) is 13.2. The van der Waals surface area contributed by atoms with E-state index >= 15 is 0 Å². The van der Waals surface area contributed by atoms with Gasteiger partial charge in [-0.05, 0) is 62.1 Å². The second-order valence-electron chi connectivity index (χ2n) is 7.84. The van der Waals surface area contributed by atoms with Gasteiger partial charge in [-0.25, -0.2) is 0 Å². The number of piperidine rings is 2. The highest BCUT2D eigenvalue weighted by molar-refractivity contribution is 5.39. The number of hydrogen-bond donors (Lipinski definition) is 1. The van der Waals surface area contributed by atoms with Crippen LogP contribution in [0.4, 0.5) is 0 Å². The van der Waals surface area contributed by atoms with E-state index in [-0.39, 0.29) is 6.10 Å². The number of likely N-dealkylation sites (tertiary alicyclic amines) is 2. The Labute approximate surface area is 162 Å². The third-order valence-corrected chi connectivity index (χ3v) is 6.14. The van der Waals surface area contributed by atoms with E-state index in [2.05, 4.69) is 44.8 Å². The smallest absolute Gasteiger partial charge is 0.119 e. The van der Waals surface area contributed by atoms with Gasteiger partial charge in [-0.2, -0.15) is 0 Å². The van der Waals surface area contributed by atoms with Gasteiger partial charge in [-0.1, -0.05) is 0 Å². The van der Waals surface area contributed by atoms with Crippen molar-refractivity contribution in [3.8, 4) is 11.4 Å². The summed E-state index contributed by atoms with van der Waals surface area (Å²) in [5, 5.41) is 9.72. The van der Waals surface area contributed by atoms with Crippen LogP contribution in [0.1, 0.15) is 31.4 Å². The molecule has 0 aliphatic carbocycles. The van der Waals surface area contributed by atoms with E-state index < -0.39 is 0 Å². The first-order valence-electron chi connectivity index (χ1n) is 10.2. The molecule has 2 aliphatic heterocycles. The largest absolute Gasteiger partial charge is 0.497 e. The Balaban J connectivity index is 1.34. The number of aliphatic hydroxyl groups is 1. The summed E-state index contributed by atoms with van der Waals surface area (Å²) >= 11 is 0. The summed E-state index contributed by atoms with van der Waals surface area (Å²) in [7, 11) is 1.70. The van der Waals surface area contributed by atoms with Crippen molar-refractivity contribution in [3.63, 3.8) is 0 Å². The number of nitrogens with zero attached hydrogens (tertiary/aromatic N) is 3. The number of ether oxygens (including phenoxy) is 1. The molecule has 2 fully saturated rings. The Bertz CT molecular complexity index is 711. The van der Waals surface area contributed by atoms with Crippen molar-refractivity contribution in [2.75, 3.05) is 33.3 Å².